The number of fused-ring (bicyclic) bond motifs is 3. The van der Waals surface area contributed by atoms with Crippen molar-refractivity contribution in [1.82, 2.24) is 0 Å². The lowest BCUT2D eigenvalue weighted by molar-refractivity contribution is -0.659. The number of hydrogen-bond acceptors (Lipinski definition) is 1. The first kappa shape index (κ1) is 29.4. The fourth-order valence-corrected chi connectivity index (χ4v) is 6.30. The Morgan fingerprint density at radius 2 is 1.41 bits per heavy atom. The number of aromatic nitrogens is 1. The van der Waals surface area contributed by atoms with E-state index in [-0.39, 0.29) is 17.3 Å². The SMILES string of the molecule is Cc1c2c(c(CC(C)(C)C)c3ccc(CC(C)(C)C(F)(F)F)cc13)Oc1cc(CC(C)(C)C)cc3cc[n+](C)c-2c13. The predicted molar refractivity (Wildman–Crippen MR) is 163 cm³/mol. The molecule has 0 radical (unpaired) electrons. The van der Waals surface area contributed by atoms with Crippen LogP contribution in [-0.4, -0.2) is 6.18 Å². The van der Waals surface area contributed by atoms with Gasteiger partial charge in [0.15, 0.2) is 6.20 Å². The lowest BCUT2D eigenvalue weighted by Crippen LogP contribution is -2.34. The fourth-order valence-electron chi connectivity index (χ4n) is 6.30. The van der Waals surface area contributed by atoms with Crippen LogP contribution in [0, 0.1) is 23.2 Å². The van der Waals surface area contributed by atoms with Crippen LogP contribution in [0.1, 0.15) is 77.6 Å². The van der Waals surface area contributed by atoms with Gasteiger partial charge in [-0.1, -0.05) is 79.7 Å². The van der Waals surface area contributed by atoms with Gasteiger partial charge < -0.3 is 4.74 Å². The van der Waals surface area contributed by atoms with Gasteiger partial charge in [0.2, 0.25) is 5.69 Å². The van der Waals surface area contributed by atoms with Crippen LogP contribution < -0.4 is 9.30 Å². The number of halogens is 3. The molecule has 2 nitrogen and oxygen atoms in total. The number of ether oxygens (including phenoxy) is 1. The summed E-state index contributed by atoms with van der Waals surface area (Å²) < 4.78 is 50.5. The van der Waals surface area contributed by atoms with Crippen LogP contribution in [0.2, 0.25) is 0 Å². The topological polar surface area (TPSA) is 13.1 Å². The first-order chi connectivity index (χ1) is 18.8. The molecule has 218 valence electrons. The van der Waals surface area contributed by atoms with Gasteiger partial charge in [-0.2, -0.15) is 13.2 Å². The highest BCUT2D eigenvalue weighted by Gasteiger charge is 2.47. The van der Waals surface area contributed by atoms with Gasteiger partial charge in [-0.3, -0.25) is 0 Å². The second-order valence-corrected chi connectivity index (χ2v) is 15.2. The Balaban J connectivity index is 1.82. The summed E-state index contributed by atoms with van der Waals surface area (Å²) in [5.74, 6) is 1.75. The molecule has 5 heteroatoms. The number of benzene rings is 3. The normalized spacial score (nSPS) is 14.0. The van der Waals surface area contributed by atoms with Crippen molar-refractivity contribution in [3.8, 4) is 22.8 Å². The summed E-state index contributed by atoms with van der Waals surface area (Å²) in [6.07, 6.45) is -0.540. The summed E-state index contributed by atoms with van der Waals surface area (Å²) in [6.45, 7) is 18.0. The molecule has 0 amide bonds. The number of aryl methyl sites for hydroxylation is 2. The highest BCUT2D eigenvalue weighted by molar-refractivity contribution is 6.06. The van der Waals surface area contributed by atoms with Crippen LogP contribution in [0.5, 0.6) is 11.5 Å². The summed E-state index contributed by atoms with van der Waals surface area (Å²) in [4.78, 5) is 0. The van der Waals surface area contributed by atoms with Gasteiger partial charge in [0.25, 0.3) is 0 Å². The molecular formula is C36H43F3NO+. The Kier molecular flexibility index (Phi) is 6.79. The lowest BCUT2D eigenvalue weighted by atomic mass is 9.80. The van der Waals surface area contributed by atoms with Crippen LogP contribution in [0.15, 0.2) is 42.6 Å². The molecule has 0 spiro atoms. The van der Waals surface area contributed by atoms with Crippen molar-refractivity contribution in [2.24, 2.45) is 23.3 Å². The first-order valence-corrected chi connectivity index (χ1v) is 14.5. The second kappa shape index (κ2) is 9.47. The van der Waals surface area contributed by atoms with Crippen molar-refractivity contribution < 1.29 is 22.5 Å². The first-order valence-electron chi connectivity index (χ1n) is 14.5. The largest absolute Gasteiger partial charge is 0.455 e. The zero-order chi connectivity index (χ0) is 30.3. The maximum absolute atomic E-state index is 13.8. The molecule has 4 aromatic rings. The van der Waals surface area contributed by atoms with Crippen molar-refractivity contribution in [3.05, 3.63) is 64.8 Å². The minimum Gasteiger partial charge on any atom is -0.455 e. The van der Waals surface area contributed by atoms with E-state index in [1.165, 1.54) is 19.4 Å². The van der Waals surface area contributed by atoms with E-state index in [4.69, 9.17) is 4.74 Å². The summed E-state index contributed by atoms with van der Waals surface area (Å²) in [5, 5.41) is 4.26. The predicted octanol–water partition coefficient (Wildman–Crippen LogP) is 10.2. The average Bonchev–Trinajstić information content (AvgIpc) is 2.80. The monoisotopic (exact) mass is 562 g/mol. The molecule has 0 bridgehead atoms. The molecule has 0 aliphatic carbocycles. The minimum atomic E-state index is -4.28. The smallest absolute Gasteiger partial charge is 0.394 e. The van der Waals surface area contributed by atoms with Crippen LogP contribution in [0.25, 0.3) is 32.8 Å². The molecule has 1 aliphatic heterocycles. The Morgan fingerprint density at radius 1 is 0.756 bits per heavy atom. The third-order valence-electron chi connectivity index (χ3n) is 8.25. The van der Waals surface area contributed by atoms with Crippen molar-refractivity contribution in [1.29, 1.82) is 0 Å². The maximum atomic E-state index is 13.8. The van der Waals surface area contributed by atoms with E-state index >= 15 is 0 Å². The number of pyridine rings is 1. The molecule has 3 aromatic carbocycles. The van der Waals surface area contributed by atoms with Crippen molar-refractivity contribution in [3.63, 3.8) is 0 Å². The zero-order valence-electron chi connectivity index (χ0n) is 26.2. The third-order valence-corrected chi connectivity index (χ3v) is 8.25. The second-order valence-electron chi connectivity index (χ2n) is 15.2. The molecule has 0 atom stereocenters. The molecule has 1 aliphatic rings. The average molecular weight is 563 g/mol. The summed E-state index contributed by atoms with van der Waals surface area (Å²) in [5.41, 5.74) is 4.50. The quantitative estimate of drug-likeness (QED) is 0.199. The van der Waals surface area contributed by atoms with E-state index in [2.05, 4.69) is 84.5 Å². The summed E-state index contributed by atoms with van der Waals surface area (Å²) in [6, 6.07) is 12.5. The van der Waals surface area contributed by atoms with E-state index in [1.807, 2.05) is 18.2 Å². The fraction of sp³-hybridized carbons (Fsp3) is 0.472. The van der Waals surface area contributed by atoms with Crippen LogP contribution in [0.3, 0.4) is 0 Å². The van der Waals surface area contributed by atoms with E-state index in [0.29, 0.717) is 5.56 Å². The molecule has 1 aromatic heterocycles. The van der Waals surface area contributed by atoms with Gasteiger partial charge in [-0.15, -0.1) is 0 Å². The molecule has 5 rings (SSSR count). The Morgan fingerprint density at radius 3 is 2.02 bits per heavy atom. The molecule has 41 heavy (non-hydrogen) atoms. The van der Waals surface area contributed by atoms with Crippen molar-refractivity contribution in [2.75, 3.05) is 0 Å². The van der Waals surface area contributed by atoms with Crippen molar-refractivity contribution >= 4 is 21.5 Å². The summed E-state index contributed by atoms with van der Waals surface area (Å²) >= 11 is 0. The Hall–Kier alpha value is -3.08. The Labute approximate surface area is 242 Å². The van der Waals surface area contributed by atoms with Gasteiger partial charge >= 0.3 is 6.18 Å². The highest BCUT2D eigenvalue weighted by Crippen LogP contribution is 2.52. The third kappa shape index (κ3) is 5.45. The number of rotatable bonds is 4. The van der Waals surface area contributed by atoms with E-state index in [0.717, 1.165) is 68.3 Å². The van der Waals surface area contributed by atoms with E-state index in [9.17, 15) is 13.2 Å². The van der Waals surface area contributed by atoms with Crippen LogP contribution in [-0.2, 0) is 26.3 Å². The number of alkyl halides is 3. The van der Waals surface area contributed by atoms with E-state index in [1.54, 1.807) is 0 Å². The molecule has 0 N–H and O–H groups in total. The molecule has 0 saturated heterocycles. The summed E-state index contributed by atoms with van der Waals surface area (Å²) in [7, 11) is 2.06. The molecule has 0 saturated carbocycles. The van der Waals surface area contributed by atoms with Gasteiger partial charge in [0, 0.05) is 11.6 Å². The van der Waals surface area contributed by atoms with Gasteiger partial charge in [0.05, 0.1) is 16.4 Å². The molecule has 0 unspecified atom stereocenters. The zero-order valence-corrected chi connectivity index (χ0v) is 26.2. The van der Waals surface area contributed by atoms with Crippen molar-refractivity contribution in [2.45, 2.75) is 87.8 Å². The highest BCUT2D eigenvalue weighted by atomic mass is 19.4. The maximum Gasteiger partial charge on any atom is 0.394 e. The van der Waals surface area contributed by atoms with Crippen LogP contribution in [0.4, 0.5) is 13.2 Å². The lowest BCUT2D eigenvalue weighted by Gasteiger charge is -2.30. The minimum absolute atomic E-state index is 0.0289. The van der Waals surface area contributed by atoms with Gasteiger partial charge in [-0.25, -0.2) is 4.57 Å². The van der Waals surface area contributed by atoms with E-state index < -0.39 is 11.6 Å². The molecule has 2 heterocycles. The van der Waals surface area contributed by atoms with Crippen LogP contribution >= 0.6 is 0 Å². The standard InChI is InChI=1S/C36H43F3NO/c1-21-26-16-22(19-35(8,9)36(37,38)39)11-12-25(26)27(20-34(5,6)7)32-29(21)31-30-24(13-14-40(31)10)15-23(17-28(30)41-32)18-33(2,3)4/h11-17H,18-20H2,1-10H3/q+1. The molecular weight excluding hydrogens is 519 g/mol. The number of hydrogen-bond donors (Lipinski definition) is 0. The molecule has 0 fully saturated rings. The van der Waals surface area contributed by atoms with Gasteiger partial charge in [-0.05, 0) is 75.9 Å². The Bertz CT molecular complexity index is 1680. The number of nitrogens with zero attached hydrogens (tertiary/aromatic N) is 1. The van der Waals surface area contributed by atoms with Gasteiger partial charge in [0.1, 0.15) is 18.5 Å².